The van der Waals surface area contributed by atoms with Gasteiger partial charge in [-0.1, -0.05) is 6.92 Å². The fourth-order valence-corrected chi connectivity index (χ4v) is 2.76. The van der Waals surface area contributed by atoms with Crippen molar-refractivity contribution in [1.82, 2.24) is 9.78 Å². The zero-order valence-electron chi connectivity index (χ0n) is 8.78. The first kappa shape index (κ1) is 10.0. The van der Waals surface area contributed by atoms with Crippen molar-refractivity contribution in [2.24, 2.45) is 5.92 Å². The first-order valence-electron chi connectivity index (χ1n) is 5.39. The molecule has 3 heteroatoms. The summed E-state index contributed by atoms with van der Waals surface area (Å²) in [4.78, 5) is 0. The van der Waals surface area contributed by atoms with Crippen LogP contribution in [-0.2, 0) is 6.54 Å². The van der Waals surface area contributed by atoms with Gasteiger partial charge in [0.05, 0.1) is 0 Å². The lowest BCUT2D eigenvalue weighted by atomic mass is 9.94. The molecule has 78 valence electrons. The summed E-state index contributed by atoms with van der Waals surface area (Å²) < 4.78 is 2.09. The molecule has 1 aromatic heterocycles. The Morgan fingerprint density at radius 1 is 1.57 bits per heavy atom. The van der Waals surface area contributed by atoms with Gasteiger partial charge in [-0.25, -0.2) is 0 Å². The van der Waals surface area contributed by atoms with E-state index in [4.69, 9.17) is 11.6 Å². The van der Waals surface area contributed by atoms with Crippen molar-refractivity contribution in [3.05, 3.63) is 18.0 Å². The van der Waals surface area contributed by atoms with Crippen LogP contribution in [-0.4, -0.2) is 15.2 Å². The predicted molar refractivity (Wildman–Crippen MR) is 58.7 cm³/mol. The maximum Gasteiger partial charge on any atom is 0.0492 e. The van der Waals surface area contributed by atoms with Gasteiger partial charge in [0.15, 0.2) is 0 Å². The number of halogens is 1. The van der Waals surface area contributed by atoms with Crippen LogP contribution < -0.4 is 0 Å². The summed E-state index contributed by atoms with van der Waals surface area (Å²) in [6.07, 6.45) is 4.25. The predicted octanol–water partition coefficient (Wildman–Crippen LogP) is 3.02. The Bertz CT molecular complexity index is 308. The second-order valence-corrected chi connectivity index (χ2v) is 4.69. The maximum atomic E-state index is 6.24. The summed E-state index contributed by atoms with van der Waals surface area (Å²) in [5.41, 5.74) is 1.36. The van der Waals surface area contributed by atoms with Gasteiger partial charge in [0.25, 0.3) is 0 Å². The molecule has 2 rings (SSSR count). The molecule has 14 heavy (non-hydrogen) atoms. The molecule has 1 aliphatic rings. The second kappa shape index (κ2) is 3.93. The van der Waals surface area contributed by atoms with E-state index in [1.165, 1.54) is 12.1 Å². The van der Waals surface area contributed by atoms with E-state index < -0.39 is 0 Å². The molecular weight excluding hydrogens is 196 g/mol. The molecule has 0 saturated heterocycles. The molecule has 1 fully saturated rings. The van der Waals surface area contributed by atoms with Crippen molar-refractivity contribution in [3.8, 4) is 0 Å². The number of hydrogen-bond donors (Lipinski definition) is 0. The summed E-state index contributed by atoms with van der Waals surface area (Å²) in [5.74, 6) is 1.19. The monoisotopic (exact) mass is 212 g/mol. The Labute approximate surface area is 90.3 Å². The lowest BCUT2D eigenvalue weighted by molar-refractivity contribution is 0.486. The Kier molecular flexibility index (Phi) is 2.82. The Hall–Kier alpha value is -0.500. The molecule has 0 radical (unpaired) electrons. The highest BCUT2D eigenvalue weighted by Gasteiger charge is 2.33. The van der Waals surface area contributed by atoms with E-state index in [2.05, 4.69) is 29.7 Å². The van der Waals surface area contributed by atoms with Crippen LogP contribution in [0.25, 0.3) is 0 Å². The van der Waals surface area contributed by atoms with Crippen LogP contribution >= 0.6 is 11.6 Å². The molecule has 1 aromatic rings. The Morgan fingerprint density at radius 2 is 2.36 bits per heavy atom. The van der Waals surface area contributed by atoms with Gasteiger partial charge in [-0.2, -0.15) is 5.10 Å². The van der Waals surface area contributed by atoms with Crippen molar-refractivity contribution in [3.63, 3.8) is 0 Å². The van der Waals surface area contributed by atoms with Gasteiger partial charge in [-0.3, -0.25) is 4.68 Å². The smallest absolute Gasteiger partial charge is 0.0492 e. The fraction of sp³-hybridized carbons (Fsp3) is 0.727. The normalized spacial score (nSPS) is 32.4. The molecule has 1 saturated carbocycles. The number of hydrogen-bond acceptors (Lipinski definition) is 1. The quantitative estimate of drug-likeness (QED) is 0.690. The van der Waals surface area contributed by atoms with Crippen LogP contribution in [0.3, 0.4) is 0 Å². The van der Waals surface area contributed by atoms with Gasteiger partial charge in [-0.15, -0.1) is 11.6 Å². The van der Waals surface area contributed by atoms with Crippen molar-refractivity contribution < 1.29 is 0 Å². The maximum absolute atomic E-state index is 6.24. The minimum atomic E-state index is 0.347. The van der Waals surface area contributed by atoms with E-state index in [-0.39, 0.29) is 0 Å². The van der Waals surface area contributed by atoms with Crippen LogP contribution in [0.15, 0.2) is 12.3 Å². The third kappa shape index (κ3) is 1.56. The first-order chi connectivity index (χ1) is 6.74. The molecular formula is C11H17ClN2. The van der Waals surface area contributed by atoms with Crippen molar-refractivity contribution >= 4 is 11.6 Å². The lowest BCUT2D eigenvalue weighted by Gasteiger charge is -2.18. The van der Waals surface area contributed by atoms with Gasteiger partial charge in [0.1, 0.15) is 0 Å². The second-order valence-electron chi connectivity index (χ2n) is 4.13. The van der Waals surface area contributed by atoms with E-state index in [9.17, 15) is 0 Å². The van der Waals surface area contributed by atoms with Crippen LogP contribution in [0.5, 0.6) is 0 Å². The number of rotatable bonds is 2. The van der Waals surface area contributed by atoms with Crippen molar-refractivity contribution in [1.29, 1.82) is 0 Å². The highest BCUT2D eigenvalue weighted by molar-refractivity contribution is 6.21. The molecule has 2 nitrogen and oxygen atoms in total. The highest BCUT2D eigenvalue weighted by Crippen LogP contribution is 2.41. The SMILES string of the molecule is CCn1nccc1C1CCC(Cl)C1C. The van der Waals surface area contributed by atoms with Crippen LogP contribution in [0.1, 0.15) is 38.3 Å². The van der Waals surface area contributed by atoms with E-state index >= 15 is 0 Å². The average Bonchev–Trinajstić information content (AvgIpc) is 2.75. The zero-order chi connectivity index (χ0) is 10.1. The molecule has 3 unspecified atom stereocenters. The van der Waals surface area contributed by atoms with Gasteiger partial charge >= 0.3 is 0 Å². The zero-order valence-corrected chi connectivity index (χ0v) is 9.54. The number of aromatic nitrogens is 2. The highest BCUT2D eigenvalue weighted by atomic mass is 35.5. The van der Waals surface area contributed by atoms with Crippen LogP contribution in [0.2, 0.25) is 0 Å². The van der Waals surface area contributed by atoms with E-state index in [1.54, 1.807) is 0 Å². The van der Waals surface area contributed by atoms with Gasteiger partial charge in [-0.05, 0) is 31.7 Å². The number of nitrogens with zero attached hydrogens (tertiary/aromatic N) is 2. The van der Waals surface area contributed by atoms with Crippen LogP contribution in [0.4, 0.5) is 0 Å². The third-order valence-corrected chi connectivity index (χ3v) is 4.00. The van der Waals surface area contributed by atoms with Gasteiger partial charge in [0.2, 0.25) is 0 Å². The van der Waals surface area contributed by atoms with Crippen molar-refractivity contribution in [2.45, 2.75) is 44.5 Å². The standard InChI is InChI=1S/C11H17ClN2/c1-3-14-11(6-7-13-14)9-4-5-10(12)8(9)2/h6-10H,3-5H2,1-2H3. The molecule has 0 spiro atoms. The molecule has 0 bridgehead atoms. The summed E-state index contributed by atoms with van der Waals surface area (Å²) in [7, 11) is 0. The van der Waals surface area contributed by atoms with Crippen LogP contribution in [0, 0.1) is 5.92 Å². The van der Waals surface area contributed by atoms with E-state index in [1.807, 2.05) is 6.20 Å². The lowest BCUT2D eigenvalue weighted by Crippen LogP contribution is -2.13. The summed E-state index contributed by atoms with van der Waals surface area (Å²) >= 11 is 6.24. The number of aryl methyl sites for hydroxylation is 1. The number of alkyl halides is 1. The summed E-state index contributed by atoms with van der Waals surface area (Å²) in [5, 5.41) is 4.66. The fourth-order valence-electron chi connectivity index (χ4n) is 2.46. The Balaban J connectivity index is 2.23. The molecule has 0 amide bonds. The molecule has 0 N–H and O–H groups in total. The van der Waals surface area contributed by atoms with Gasteiger partial charge < -0.3 is 0 Å². The third-order valence-electron chi connectivity index (χ3n) is 3.39. The molecule has 0 aromatic carbocycles. The summed E-state index contributed by atoms with van der Waals surface area (Å²) in [6, 6.07) is 2.14. The molecule has 1 heterocycles. The minimum absolute atomic E-state index is 0.347. The summed E-state index contributed by atoms with van der Waals surface area (Å²) in [6.45, 7) is 5.34. The van der Waals surface area contributed by atoms with E-state index in [0.29, 0.717) is 17.2 Å². The first-order valence-corrected chi connectivity index (χ1v) is 5.83. The average molecular weight is 213 g/mol. The Morgan fingerprint density at radius 3 is 2.93 bits per heavy atom. The van der Waals surface area contributed by atoms with E-state index in [0.717, 1.165) is 13.0 Å². The molecule has 1 aliphatic carbocycles. The van der Waals surface area contributed by atoms with Crippen molar-refractivity contribution in [2.75, 3.05) is 0 Å². The molecule has 0 aliphatic heterocycles. The van der Waals surface area contributed by atoms with Gasteiger partial charge in [0, 0.05) is 29.7 Å². The topological polar surface area (TPSA) is 17.8 Å². The molecule has 3 atom stereocenters. The largest absolute Gasteiger partial charge is 0.270 e. The minimum Gasteiger partial charge on any atom is -0.270 e.